The van der Waals surface area contributed by atoms with E-state index in [1.54, 1.807) is 0 Å². The van der Waals surface area contributed by atoms with Gasteiger partial charge in [-0.25, -0.2) is 8.78 Å². The number of alkyl halides is 3. The largest absolute Gasteiger partial charge is 0.481 e. The van der Waals surface area contributed by atoms with Gasteiger partial charge < -0.3 is 5.11 Å². The number of carboxylic acids is 1. The van der Waals surface area contributed by atoms with Crippen molar-refractivity contribution in [2.75, 3.05) is 0 Å². The second-order valence-corrected chi connectivity index (χ2v) is 2.96. The molecule has 1 aromatic carbocycles. The van der Waals surface area contributed by atoms with Gasteiger partial charge in [-0.2, -0.15) is 13.2 Å². The number of benzene rings is 1. The van der Waals surface area contributed by atoms with Crippen molar-refractivity contribution in [3.8, 4) is 0 Å². The zero-order valence-corrected chi connectivity index (χ0v) is 7.61. The molecule has 0 fully saturated rings. The highest BCUT2D eigenvalue weighted by Crippen LogP contribution is 2.35. The van der Waals surface area contributed by atoms with E-state index < -0.39 is 41.3 Å². The Morgan fingerprint density at radius 3 is 2.25 bits per heavy atom. The third kappa shape index (κ3) is 2.47. The van der Waals surface area contributed by atoms with Crippen molar-refractivity contribution in [2.24, 2.45) is 0 Å². The van der Waals surface area contributed by atoms with E-state index in [9.17, 15) is 26.7 Å². The van der Waals surface area contributed by atoms with E-state index in [1.165, 1.54) is 0 Å². The molecule has 0 saturated heterocycles. The molecule has 0 amide bonds. The monoisotopic (exact) mass is 240 g/mol. The molecule has 1 rings (SSSR count). The van der Waals surface area contributed by atoms with Crippen LogP contribution < -0.4 is 0 Å². The fraction of sp³-hybridized carbons (Fsp3) is 0.222. The second kappa shape index (κ2) is 4.07. The fourth-order valence-electron chi connectivity index (χ4n) is 1.21. The molecule has 0 saturated carbocycles. The predicted molar refractivity (Wildman–Crippen MR) is 42.7 cm³/mol. The molecular weight excluding hydrogens is 235 g/mol. The van der Waals surface area contributed by atoms with Crippen molar-refractivity contribution in [1.82, 2.24) is 0 Å². The van der Waals surface area contributed by atoms with Crippen LogP contribution in [-0.4, -0.2) is 11.1 Å². The number of hydrogen-bond acceptors (Lipinski definition) is 1. The summed E-state index contributed by atoms with van der Waals surface area (Å²) >= 11 is 0. The van der Waals surface area contributed by atoms with Gasteiger partial charge in [-0.15, -0.1) is 0 Å². The summed E-state index contributed by atoms with van der Waals surface area (Å²) in [6, 6.07) is 1.07. The molecule has 88 valence electrons. The Kier molecular flexibility index (Phi) is 3.16. The van der Waals surface area contributed by atoms with Gasteiger partial charge in [-0.3, -0.25) is 4.79 Å². The van der Waals surface area contributed by atoms with Crippen LogP contribution in [-0.2, 0) is 17.4 Å². The minimum absolute atomic E-state index is 0.461. The summed E-state index contributed by atoms with van der Waals surface area (Å²) in [7, 11) is 0. The molecule has 0 atom stereocenters. The van der Waals surface area contributed by atoms with Crippen molar-refractivity contribution in [1.29, 1.82) is 0 Å². The summed E-state index contributed by atoms with van der Waals surface area (Å²) in [6.07, 6.45) is -6.15. The molecular formula is C9H5F5O2. The summed E-state index contributed by atoms with van der Waals surface area (Å²) < 4.78 is 62.5. The van der Waals surface area contributed by atoms with E-state index in [4.69, 9.17) is 5.11 Å². The average molecular weight is 240 g/mol. The molecule has 0 aliphatic heterocycles. The summed E-state index contributed by atoms with van der Waals surface area (Å²) in [5.41, 5.74) is -2.67. The highest BCUT2D eigenvalue weighted by atomic mass is 19.4. The van der Waals surface area contributed by atoms with Crippen molar-refractivity contribution < 1.29 is 31.9 Å². The third-order valence-corrected chi connectivity index (χ3v) is 1.81. The maximum absolute atomic E-state index is 12.9. The molecule has 0 radical (unpaired) electrons. The van der Waals surface area contributed by atoms with Gasteiger partial charge in [0, 0.05) is 0 Å². The molecule has 1 aromatic rings. The van der Waals surface area contributed by atoms with E-state index in [-0.39, 0.29) is 0 Å². The van der Waals surface area contributed by atoms with E-state index in [2.05, 4.69) is 0 Å². The maximum atomic E-state index is 12.9. The molecule has 0 bridgehead atoms. The standard InChI is InChI=1S/C9H5F5O2/c10-5-2-1-4(3-6(15)16)7(8(5)11)9(12,13)14/h1-2H,3H2,(H,15,16). The quantitative estimate of drug-likeness (QED) is 0.807. The van der Waals surface area contributed by atoms with Gasteiger partial charge in [0.1, 0.15) is 0 Å². The van der Waals surface area contributed by atoms with Crippen LogP contribution in [0, 0.1) is 11.6 Å². The smallest absolute Gasteiger partial charge is 0.419 e. The Morgan fingerprint density at radius 2 is 1.81 bits per heavy atom. The van der Waals surface area contributed by atoms with Gasteiger partial charge in [0.05, 0.1) is 12.0 Å². The number of hydrogen-bond donors (Lipinski definition) is 1. The van der Waals surface area contributed by atoms with Gasteiger partial charge in [0.15, 0.2) is 11.6 Å². The molecule has 0 spiro atoms. The van der Waals surface area contributed by atoms with Crippen molar-refractivity contribution in [3.63, 3.8) is 0 Å². The number of rotatable bonds is 2. The first-order valence-corrected chi connectivity index (χ1v) is 3.99. The minimum atomic E-state index is -5.13. The summed E-state index contributed by atoms with van der Waals surface area (Å²) in [4.78, 5) is 10.3. The topological polar surface area (TPSA) is 37.3 Å². The van der Waals surface area contributed by atoms with E-state index >= 15 is 0 Å². The molecule has 0 aliphatic carbocycles. The zero-order valence-electron chi connectivity index (χ0n) is 7.61. The van der Waals surface area contributed by atoms with Crippen LogP contribution in [0.3, 0.4) is 0 Å². The molecule has 16 heavy (non-hydrogen) atoms. The summed E-state index contributed by atoms with van der Waals surface area (Å²) in [6.45, 7) is 0. The molecule has 2 nitrogen and oxygen atoms in total. The van der Waals surface area contributed by atoms with Crippen LogP contribution in [0.4, 0.5) is 22.0 Å². The number of carbonyl (C=O) groups is 1. The predicted octanol–water partition coefficient (Wildman–Crippen LogP) is 2.61. The van der Waals surface area contributed by atoms with Crippen LogP contribution in [0.5, 0.6) is 0 Å². The molecule has 0 heterocycles. The first kappa shape index (κ1) is 12.4. The van der Waals surface area contributed by atoms with Crippen LogP contribution >= 0.6 is 0 Å². The van der Waals surface area contributed by atoms with Crippen LogP contribution in [0.1, 0.15) is 11.1 Å². The lowest BCUT2D eigenvalue weighted by atomic mass is 10.0. The Hall–Kier alpha value is -1.66. The van der Waals surface area contributed by atoms with Gasteiger partial charge in [0.25, 0.3) is 0 Å². The summed E-state index contributed by atoms with van der Waals surface area (Å²) in [5, 5.41) is 8.33. The normalized spacial score (nSPS) is 11.6. The first-order valence-electron chi connectivity index (χ1n) is 3.99. The van der Waals surface area contributed by atoms with E-state index in [0.29, 0.717) is 12.1 Å². The second-order valence-electron chi connectivity index (χ2n) is 2.96. The average Bonchev–Trinajstić information content (AvgIpc) is 2.08. The number of aliphatic carboxylic acids is 1. The van der Waals surface area contributed by atoms with Crippen LogP contribution in [0.2, 0.25) is 0 Å². The minimum Gasteiger partial charge on any atom is -0.481 e. The SMILES string of the molecule is O=C(O)Cc1ccc(F)c(F)c1C(F)(F)F. The molecule has 0 aliphatic rings. The third-order valence-electron chi connectivity index (χ3n) is 1.81. The lowest BCUT2D eigenvalue weighted by Crippen LogP contribution is -2.15. The highest BCUT2D eigenvalue weighted by molar-refractivity contribution is 5.70. The molecule has 0 aromatic heterocycles. The number of halogens is 5. The fourth-order valence-corrected chi connectivity index (χ4v) is 1.21. The molecule has 0 unspecified atom stereocenters. The van der Waals surface area contributed by atoms with Gasteiger partial charge >= 0.3 is 12.1 Å². The Balaban J connectivity index is 3.39. The lowest BCUT2D eigenvalue weighted by Gasteiger charge is -2.12. The van der Waals surface area contributed by atoms with Crippen molar-refractivity contribution >= 4 is 5.97 Å². The first-order chi connectivity index (χ1) is 7.23. The highest BCUT2D eigenvalue weighted by Gasteiger charge is 2.38. The Morgan fingerprint density at radius 1 is 1.25 bits per heavy atom. The van der Waals surface area contributed by atoms with Crippen molar-refractivity contribution in [3.05, 3.63) is 34.9 Å². The number of carboxylic acid groups (broad SMARTS) is 1. The van der Waals surface area contributed by atoms with Crippen LogP contribution in [0.25, 0.3) is 0 Å². The van der Waals surface area contributed by atoms with E-state index in [0.717, 1.165) is 0 Å². The Labute approximate surface area is 86.3 Å². The van der Waals surface area contributed by atoms with Gasteiger partial charge in [0.2, 0.25) is 0 Å². The van der Waals surface area contributed by atoms with Gasteiger partial charge in [-0.05, 0) is 11.6 Å². The van der Waals surface area contributed by atoms with E-state index in [1.807, 2.05) is 0 Å². The molecule has 1 N–H and O–H groups in total. The van der Waals surface area contributed by atoms with Gasteiger partial charge in [-0.1, -0.05) is 6.07 Å². The lowest BCUT2D eigenvalue weighted by molar-refractivity contribution is -0.141. The van der Waals surface area contributed by atoms with Crippen LogP contribution in [0.15, 0.2) is 12.1 Å². The summed E-state index contributed by atoms with van der Waals surface area (Å²) in [5.74, 6) is -5.30. The zero-order chi connectivity index (χ0) is 12.5. The van der Waals surface area contributed by atoms with Crippen molar-refractivity contribution in [2.45, 2.75) is 12.6 Å². The Bertz CT molecular complexity index is 425. The maximum Gasteiger partial charge on any atom is 0.419 e. The molecule has 7 heteroatoms.